The number of anilines is 1. The zero-order valence-corrected chi connectivity index (χ0v) is 12.9. The van der Waals surface area contributed by atoms with Gasteiger partial charge in [-0.2, -0.15) is 0 Å². The highest BCUT2D eigenvalue weighted by Crippen LogP contribution is 2.23. The highest BCUT2D eigenvalue weighted by Gasteiger charge is 2.30. The fraction of sp³-hybridized carbons (Fsp3) is 0.600. The monoisotopic (exact) mass is 308 g/mol. The molecule has 0 aliphatic carbocycles. The van der Waals surface area contributed by atoms with E-state index in [1.165, 1.54) is 25.5 Å². The Kier molecular flexibility index (Phi) is 4.31. The number of rotatable bonds is 2. The van der Waals surface area contributed by atoms with Crippen LogP contribution >= 0.6 is 11.6 Å². The molecule has 5 nitrogen and oxygen atoms in total. The van der Waals surface area contributed by atoms with Gasteiger partial charge in [0.05, 0.1) is 17.4 Å². The molecular formula is C15H21ClN4O. The van der Waals surface area contributed by atoms with Crippen LogP contribution in [0.1, 0.15) is 36.0 Å². The Morgan fingerprint density at radius 1 is 1.29 bits per heavy atom. The maximum Gasteiger partial charge on any atom is 0.256 e. The minimum Gasteiger partial charge on any atom is -0.397 e. The van der Waals surface area contributed by atoms with Gasteiger partial charge in [-0.25, -0.2) is 4.98 Å². The molecule has 0 saturated carbocycles. The van der Waals surface area contributed by atoms with Gasteiger partial charge in [-0.15, -0.1) is 0 Å². The molecule has 2 N–H and O–H groups in total. The molecule has 0 bridgehead atoms. The molecule has 21 heavy (non-hydrogen) atoms. The number of hydrogen-bond acceptors (Lipinski definition) is 4. The normalized spacial score (nSPS) is 23.5. The predicted octanol–water partition coefficient (Wildman–Crippen LogP) is 2.02. The molecule has 1 aromatic rings. The van der Waals surface area contributed by atoms with E-state index in [1.54, 1.807) is 6.07 Å². The lowest BCUT2D eigenvalue weighted by Crippen LogP contribution is -2.49. The molecule has 0 radical (unpaired) electrons. The van der Waals surface area contributed by atoms with Crippen molar-refractivity contribution in [2.75, 3.05) is 31.9 Å². The van der Waals surface area contributed by atoms with Crippen molar-refractivity contribution in [3.63, 3.8) is 0 Å². The Bertz CT molecular complexity index is 530. The number of amides is 1. The number of carbonyl (C=O) groups excluding carboxylic acids is 1. The smallest absolute Gasteiger partial charge is 0.256 e. The molecule has 3 rings (SSSR count). The number of aromatic nitrogens is 1. The molecule has 2 saturated heterocycles. The maximum atomic E-state index is 12.7. The average Bonchev–Trinajstić information content (AvgIpc) is 3.03. The van der Waals surface area contributed by atoms with Gasteiger partial charge in [0.15, 0.2) is 0 Å². The van der Waals surface area contributed by atoms with E-state index in [0.29, 0.717) is 22.4 Å². The Morgan fingerprint density at radius 2 is 2.05 bits per heavy atom. The lowest BCUT2D eigenvalue weighted by Gasteiger charge is -2.37. The third-order valence-corrected chi connectivity index (χ3v) is 4.68. The quantitative estimate of drug-likeness (QED) is 0.849. The van der Waals surface area contributed by atoms with Crippen LogP contribution in [0.5, 0.6) is 0 Å². The van der Waals surface area contributed by atoms with Gasteiger partial charge in [-0.3, -0.25) is 9.69 Å². The van der Waals surface area contributed by atoms with Crippen LogP contribution in [0.25, 0.3) is 0 Å². The Labute approximate surface area is 130 Å². The van der Waals surface area contributed by atoms with E-state index in [0.717, 1.165) is 32.6 Å². The number of halogens is 1. The lowest BCUT2D eigenvalue weighted by atomic mass is 10.0. The molecule has 1 amide bonds. The van der Waals surface area contributed by atoms with E-state index in [1.807, 2.05) is 4.90 Å². The number of hydrogen-bond donors (Lipinski definition) is 1. The highest BCUT2D eigenvalue weighted by atomic mass is 35.5. The Morgan fingerprint density at radius 3 is 2.81 bits per heavy atom. The molecule has 2 fully saturated rings. The fourth-order valence-electron chi connectivity index (χ4n) is 3.34. The van der Waals surface area contributed by atoms with Gasteiger partial charge in [-0.05, 0) is 44.8 Å². The molecule has 114 valence electrons. The van der Waals surface area contributed by atoms with Crippen molar-refractivity contribution in [3.05, 3.63) is 23.0 Å². The SMILES string of the molecule is Nc1cnc(Cl)cc1C(=O)N1CCCC(N2CCCC2)C1. The number of nitrogens with two attached hydrogens (primary N) is 1. The first-order chi connectivity index (χ1) is 10.1. The van der Waals surface area contributed by atoms with E-state index in [4.69, 9.17) is 17.3 Å². The molecule has 1 atom stereocenters. The van der Waals surface area contributed by atoms with E-state index in [-0.39, 0.29) is 5.91 Å². The van der Waals surface area contributed by atoms with Crippen LogP contribution in [-0.2, 0) is 0 Å². The van der Waals surface area contributed by atoms with Crippen LogP contribution in [0.4, 0.5) is 5.69 Å². The van der Waals surface area contributed by atoms with Crippen molar-refractivity contribution in [1.82, 2.24) is 14.8 Å². The Hall–Kier alpha value is -1.33. The molecule has 6 heteroatoms. The summed E-state index contributed by atoms with van der Waals surface area (Å²) >= 11 is 5.89. The molecule has 2 aliphatic heterocycles. The zero-order valence-electron chi connectivity index (χ0n) is 12.1. The van der Waals surface area contributed by atoms with Gasteiger partial charge in [0.25, 0.3) is 5.91 Å². The standard InChI is InChI=1S/C15H21ClN4O/c16-14-8-12(13(17)9-18-14)15(21)20-7-3-4-11(10-20)19-5-1-2-6-19/h8-9,11H,1-7,10,17H2. The predicted molar refractivity (Wildman–Crippen MR) is 83.4 cm³/mol. The highest BCUT2D eigenvalue weighted by molar-refractivity contribution is 6.29. The van der Waals surface area contributed by atoms with Crippen molar-refractivity contribution >= 4 is 23.2 Å². The van der Waals surface area contributed by atoms with E-state index in [2.05, 4.69) is 9.88 Å². The molecule has 0 spiro atoms. The Balaban J connectivity index is 1.73. The molecule has 3 heterocycles. The second-order valence-electron chi connectivity index (χ2n) is 5.88. The van der Waals surface area contributed by atoms with E-state index in [9.17, 15) is 4.79 Å². The van der Waals surface area contributed by atoms with Crippen molar-refractivity contribution in [1.29, 1.82) is 0 Å². The number of likely N-dealkylation sites (tertiary alicyclic amines) is 2. The topological polar surface area (TPSA) is 62.5 Å². The van der Waals surface area contributed by atoms with E-state index >= 15 is 0 Å². The summed E-state index contributed by atoms with van der Waals surface area (Å²) in [5.74, 6) is -0.0271. The third kappa shape index (κ3) is 3.14. The number of nitrogens with zero attached hydrogens (tertiary/aromatic N) is 3. The summed E-state index contributed by atoms with van der Waals surface area (Å²) in [5.41, 5.74) is 6.74. The number of nitrogen functional groups attached to an aromatic ring is 1. The summed E-state index contributed by atoms with van der Waals surface area (Å²) in [6, 6.07) is 2.06. The van der Waals surface area contributed by atoms with Crippen molar-refractivity contribution < 1.29 is 4.79 Å². The number of pyridine rings is 1. The summed E-state index contributed by atoms with van der Waals surface area (Å²) in [7, 11) is 0. The van der Waals surface area contributed by atoms with Crippen LogP contribution in [0.2, 0.25) is 5.15 Å². The zero-order chi connectivity index (χ0) is 14.8. The number of piperidine rings is 1. The minimum absolute atomic E-state index is 0.0271. The van der Waals surface area contributed by atoms with Crippen molar-refractivity contribution in [2.45, 2.75) is 31.7 Å². The molecule has 1 unspecified atom stereocenters. The van der Waals surface area contributed by atoms with Crippen molar-refractivity contribution in [3.8, 4) is 0 Å². The minimum atomic E-state index is -0.0271. The first-order valence-electron chi connectivity index (χ1n) is 7.59. The maximum absolute atomic E-state index is 12.7. The summed E-state index contributed by atoms with van der Waals surface area (Å²) < 4.78 is 0. The van der Waals surface area contributed by atoms with Gasteiger partial charge >= 0.3 is 0 Å². The van der Waals surface area contributed by atoms with Gasteiger partial charge in [0.2, 0.25) is 0 Å². The largest absolute Gasteiger partial charge is 0.397 e. The molecule has 1 aromatic heterocycles. The first-order valence-corrected chi connectivity index (χ1v) is 7.97. The molecular weight excluding hydrogens is 288 g/mol. The summed E-state index contributed by atoms with van der Waals surface area (Å²) in [5, 5.41) is 0.306. The van der Waals surface area contributed by atoms with Crippen LogP contribution in [0, 0.1) is 0 Å². The van der Waals surface area contributed by atoms with Crippen LogP contribution in [0.3, 0.4) is 0 Å². The van der Waals surface area contributed by atoms with Crippen LogP contribution in [0.15, 0.2) is 12.3 Å². The van der Waals surface area contributed by atoms with Crippen LogP contribution < -0.4 is 5.73 Å². The average molecular weight is 309 g/mol. The third-order valence-electron chi connectivity index (χ3n) is 4.47. The van der Waals surface area contributed by atoms with E-state index < -0.39 is 0 Å². The summed E-state index contributed by atoms with van der Waals surface area (Å²) in [6.07, 6.45) is 6.23. The van der Waals surface area contributed by atoms with Gasteiger partial charge in [-0.1, -0.05) is 11.6 Å². The second-order valence-corrected chi connectivity index (χ2v) is 6.27. The number of carbonyl (C=O) groups is 1. The van der Waals surface area contributed by atoms with Gasteiger partial charge < -0.3 is 10.6 Å². The molecule has 0 aromatic carbocycles. The lowest BCUT2D eigenvalue weighted by molar-refractivity contribution is 0.0609. The fourth-order valence-corrected chi connectivity index (χ4v) is 3.50. The van der Waals surface area contributed by atoms with Crippen LogP contribution in [-0.4, -0.2) is 52.9 Å². The second kappa shape index (κ2) is 6.20. The molecule has 2 aliphatic rings. The van der Waals surface area contributed by atoms with Gasteiger partial charge in [0.1, 0.15) is 5.15 Å². The summed E-state index contributed by atoms with van der Waals surface area (Å²) in [4.78, 5) is 21.0. The van der Waals surface area contributed by atoms with Crippen molar-refractivity contribution in [2.24, 2.45) is 0 Å². The first kappa shape index (κ1) is 14.6. The summed E-state index contributed by atoms with van der Waals surface area (Å²) in [6.45, 7) is 3.91. The van der Waals surface area contributed by atoms with Gasteiger partial charge in [0, 0.05) is 19.1 Å².